The number of benzene rings is 1. The Kier molecular flexibility index (Phi) is 4.25. The van der Waals surface area contributed by atoms with Crippen molar-refractivity contribution >= 4 is 5.78 Å². The summed E-state index contributed by atoms with van der Waals surface area (Å²) >= 11 is 0. The van der Waals surface area contributed by atoms with Crippen LogP contribution in [0.25, 0.3) is 0 Å². The second-order valence-electron chi connectivity index (χ2n) is 4.22. The van der Waals surface area contributed by atoms with Crippen LogP contribution >= 0.6 is 0 Å². The van der Waals surface area contributed by atoms with Gasteiger partial charge in [-0.1, -0.05) is 18.7 Å². The summed E-state index contributed by atoms with van der Waals surface area (Å²) in [5, 5.41) is 0. The summed E-state index contributed by atoms with van der Waals surface area (Å²) in [5.74, 6) is -1.18. The Hall–Kier alpha value is -2.49. The summed E-state index contributed by atoms with van der Waals surface area (Å²) in [6, 6.07) is 7.99. The van der Waals surface area contributed by atoms with Crippen LogP contribution in [0.5, 0.6) is 5.75 Å². The average Bonchev–Trinajstić information content (AvgIpc) is 2.48. The quantitative estimate of drug-likeness (QED) is 0.784. The lowest BCUT2D eigenvalue weighted by Gasteiger charge is -2.15. The van der Waals surface area contributed by atoms with Crippen molar-refractivity contribution < 1.29 is 13.9 Å². The molecule has 0 aliphatic heterocycles. The fourth-order valence-electron chi connectivity index (χ4n) is 2.05. The monoisotopic (exact) mass is 271 g/mol. The number of carbonyl (C=O) groups is 1. The number of halogens is 1. The molecule has 0 saturated carbocycles. The summed E-state index contributed by atoms with van der Waals surface area (Å²) in [5.41, 5.74) is 1.24. The van der Waals surface area contributed by atoms with E-state index < -0.39 is 11.7 Å². The number of hydrogen-bond acceptors (Lipinski definition) is 3. The van der Waals surface area contributed by atoms with Gasteiger partial charge in [0.15, 0.2) is 17.3 Å². The van der Waals surface area contributed by atoms with Crippen LogP contribution in [0, 0.1) is 5.82 Å². The molecule has 1 aromatic carbocycles. The summed E-state index contributed by atoms with van der Waals surface area (Å²) < 4.78 is 18.7. The first-order chi connectivity index (χ1) is 9.67. The molecule has 2 rings (SSSR count). The van der Waals surface area contributed by atoms with Gasteiger partial charge in [-0.05, 0) is 35.4 Å². The third-order valence-electron chi connectivity index (χ3n) is 3.01. The normalized spacial score (nSPS) is 11.7. The zero-order valence-corrected chi connectivity index (χ0v) is 11.0. The lowest BCUT2D eigenvalue weighted by Crippen LogP contribution is -2.12. The molecule has 102 valence electrons. The number of nitrogens with zero attached hydrogens (tertiary/aromatic N) is 1. The van der Waals surface area contributed by atoms with Crippen molar-refractivity contribution in [2.45, 2.75) is 5.92 Å². The Labute approximate surface area is 116 Å². The highest BCUT2D eigenvalue weighted by Gasteiger charge is 2.21. The van der Waals surface area contributed by atoms with E-state index in [4.69, 9.17) is 4.74 Å². The topological polar surface area (TPSA) is 39.2 Å². The lowest BCUT2D eigenvalue weighted by molar-refractivity contribution is -0.115. The summed E-state index contributed by atoms with van der Waals surface area (Å²) in [7, 11) is 1.39. The van der Waals surface area contributed by atoms with E-state index >= 15 is 0 Å². The van der Waals surface area contributed by atoms with Gasteiger partial charge in [-0.3, -0.25) is 9.78 Å². The summed E-state index contributed by atoms with van der Waals surface area (Å²) in [6.07, 6.45) is 4.45. The molecule has 20 heavy (non-hydrogen) atoms. The van der Waals surface area contributed by atoms with E-state index in [-0.39, 0.29) is 11.5 Å². The molecule has 0 radical (unpaired) electrons. The van der Waals surface area contributed by atoms with Gasteiger partial charge >= 0.3 is 0 Å². The highest BCUT2D eigenvalue weighted by atomic mass is 19.1. The summed E-state index contributed by atoms with van der Waals surface area (Å²) in [6.45, 7) is 3.50. The molecule has 0 spiro atoms. The predicted molar refractivity (Wildman–Crippen MR) is 74.2 cm³/mol. The Morgan fingerprint density at radius 2 is 2.20 bits per heavy atom. The van der Waals surface area contributed by atoms with Gasteiger partial charge in [0, 0.05) is 12.4 Å². The number of carbonyl (C=O) groups excluding carboxylic acids is 1. The van der Waals surface area contributed by atoms with E-state index in [1.54, 1.807) is 30.6 Å². The smallest absolute Gasteiger partial charge is 0.166 e. The van der Waals surface area contributed by atoms with E-state index in [9.17, 15) is 9.18 Å². The molecule has 2 aromatic rings. The fourth-order valence-corrected chi connectivity index (χ4v) is 2.05. The van der Waals surface area contributed by atoms with E-state index in [0.717, 1.165) is 0 Å². The van der Waals surface area contributed by atoms with Gasteiger partial charge in [0.25, 0.3) is 0 Å². The van der Waals surface area contributed by atoms with E-state index in [1.807, 2.05) is 0 Å². The van der Waals surface area contributed by atoms with Crippen molar-refractivity contribution in [3.8, 4) is 5.75 Å². The molecule has 1 atom stereocenters. The van der Waals surface area contributed by atoms with Crippen LogP contribution < -0.4 is 4.74 Å². The fraction of sp³-hybridized carbons (Fsp3) is 0.125. The molecule has 1 aromatic heterocycles. The molecule has 1 heterocycles. The van der Waals surface area contributed by atoms with Gasteiger partial charge in [0.05, 0.1) is 13.0 Å². The first-order valence-corrected chi connectivity index (χ1v) is 6.07. The van der Waals surface area contributed by atoms with E-state index in [1.165, 1.54) is 25.3 Å². The van der Waals surface area contributed by atoms with Crippen LogP contribution in [0.4, 0.5) is 4.39 Å². The minimum atomic E-state index is -0.610. The van der Waals surface area contributed by atoms with Crippen molar-refractivity contribution in [3.63, 3.8) is 0 Å². The van der Waals surface area contributed by atoms with Crippen LogP contribution in [0.1, 0.15) is 17.0 Å². The third-order valence-corrected chi connectivity index (χ3v) is 3.01. The molecule has 1 unspecified atom stereocenters. The Morgan fingerprint density at radius 1 is 1.40 bits per heavy atom. The molecule has 0 saturated heterocycles. The molecule has 0 N–H and O–H groups in total. The second kappa shape index (κ2) is 6.10. The number of hydrogen-bond donors (Lipinski definition) is 0. The maximum atomic E-state index is 13.8. The Bertz CT molecular complexity index is 626. The predicted octanol–water partition coefficient (Wildman–Crippen LogP) is 3.12. The van der Waals surface area contributed by atoms with E-state index in [2.05, 4.69) is 11.6 Å². The zero-order chi connectivity index (χ0) is 14.5. The van der Waals surface area contributed by atoms with Gasteiger partial charge in [-0.25, -0.2) is 4.39 Å². The number of ether oxygens (including phenoxy) is 1. The van der Waals surface area contributed by atoms with Crippen molar-refractivity contribution in [1.82, 2.24) is 4.98 Å². The Morgan fingerprint density at radius 3 is 2.75 bits per heavy atom. The van der Waals surface area contributed by atoms with Crippen molar-refractivity contribution in [2.24, 2.45) is 0 Å². The Balaban J connectivity index is 2.50. The molecule has 0 fully saturated rings. The van der Waals surface area contributed by atoms with Crippen molar-refractivity contribution in [2.75, 3.05) is 7.11 Å². The number of rotatable bonds is 5. The largest absolute Gasteiger partial charge is 0.494 e. The van der Waals surface area contributed by atoms with Crippen LogP contribution in [0.3, 0.4) is 0 Å². The van der Waals surface area contributed by atoms with Crippen LogP contribution in [0.2, 0.25) is 0 Å². The van der Waals surface area contributed by atoms with Crippen molar-refractivity contribution in [1.29, 1.82) is 0 Å². The number of ketones is 1. The molecule has 4 heteroatoms. The maximum absolute atomic E-state index is 13.8. The van der Waals surface area contributed by atoms with Gasteiger partial charge in [0.1, 0.15) is 0 Å². The van der Waals surface area contributed by atoms with Crippen LogP contribution in [-0.2, 0) is 4.79 Å². The zero-order valence-electron chi connectivity index (χ0n) is 11.0. The molecule has 0 bridgehead atoms. The van der Waals surface area contributed by atoms with E-state index in [0.29, 0.717) is 11.1 Å². The minimum Gasteiger partial charge on any atom is -0.494 e. The standard InChI is InChI=1S/C16H14FNO2/c1-3-14(19)16(12-5-4-8-18-10-12)11-6-7-15(20-2)13(17)9-11/h3-10,16H,1H2,2H3. The summed E-state index contributed by atoms with van der Waals surface area (Å²) in [4.78, 5) is 16.1. The highest BCUT2D eigenvalue weighted by molar-refractivity contribution is 5.97. The van der Waals surface area contributed by atoms with Gasteiger partial charge in [-0.15, -0.1) is 0 Å². The average molecular weight is 271 g/mol. The minimum absolute atomic E-state index is 0.143. The number of allylic oxidation sites excluding steroid dienone is 1. The van der Waals surface area contributed by atoms with Crippen LogP contribution in [0.15, 0.2) is 55.4 Å². The van der Waals surface area contributed by atoms with Gasteiger partial charge in [0.2, 0.25) is 0 Å². The first-order valence-electron chi connectivity index (χ1n) is 6.07. The number of methoxy groups -OCH3 is 1. The number of aromatic nitrogens is 1. The maximum Gasteiger partial charge on any atom is 0.166 e. The molecular weight excluding hydrogens is 257 g/mol. The number of pyridine rings is 1. The van der Waals surface area contributed by atoms with Gasteiger partial charge in [-0.2, -0.15) is 0 Å². The molecule has 3 nitrogen and oxygen atoms in total. The molecule has 0 aliphatic carbocycles. The SMILES string of the molecule is C=CC(=O)C(c1cccnc1)c1ccc(OC)c(F)c1. The third kappa shape index (κ3) is 2.74. The first kappa shape index (κ1) is 13.9. The van der Waals surface area contributed by atoms with Crippen LogP contribution in [-0.4, -0.2) is 17.9 Å². The van der Waals surface area contributed by atoms with Crippen molar-refractivity contribution in [3.05, 3.63) is 72.3 Å². The molecule has 0 amide bonds. The second-order valence-corrected chi connectivity index (χ2v) is 4.22. The molecular formula is C16H14FNO2. The van der Waals surface area contributed by atoms with Gasteiger partial charge < -0.3 is 4.74 Å². The molecule has 0 aliphatic rings. The lowest BCUT2D eigenvalue weighted by atomic mass is 9.88. The highest BCUT2D eigenvalue weighted by Crippen LogP contribution is 2.28.